The number of fused-ring (bicyclic) bond motifs is 1. The molecule has 2 aromatic carbocycles. The number of nitrogens with zero attached hydrogens (tertiary/aromatic N) is 4. The first-order chi connectivity index (χ1) is 17.0. The zero-order valence-corrected chi connectivity index (χ0v) is 19.1. The Hall–Kier alpha value is -4.11. The molecule has 1 unspecified atom stereocenters. The van der Waals surface area contributed by atoms with Crippen molar-refractivity contribution in [2.45, 2.75) is 26.0 Å². The summed E-state index contributed by atoms with van der Waals surface area (Å²) in [5.41, 5.74) is 4.39. The smallest absolute Gasteiger partial charge is 0.245 e. The van der Waals surface area contributed by atoms with E-state index in [1.54, 1.807) is 17.0 Å². The van der Waals surface area contributed by atoms with E-state index in [9.17, 15) is 14.3 Å². The van der Waals surface area contributed by atoms with Gasteiger partial charge in [0.15, 0.2) is 5.52 Å². The third-order valence-electron chi connectivity index (χ3n) is 5.73. The fraction of sp³-hybridized carbons (Fsp3) is 0.231. The maximum Gasteiger partial charge on any atom is 0.245 e. The molecule has 2 aromatic heterocycles. The third-order valence-corrected chi connectivity index (χ3v) is 5.73. The molecule has 0 radical (unpaired) electrons. The van der Waals surface area contributed by atoms with Gasteiger partial charge < -0.3 is 20.1 Å². The lowest BCUT2D eigenvalue weighted by molar-refractivity contribution is -0.117. The van der Waals surface area contributed by atoms with E-state index < -0.39 is 6.10 Å². The molecule has 1 saturated heterocycles. The van der Waals surface area contributed by atoms with E-state index in [0.717, 1.165) is 16.8 Å². The van der Waals surface area contributed by atoms with Crippen molar-refractivity contribution in [3.05, 3.63) is 72.0 Å². The summed E-state index contributed by atoms with van der Waals surface area (Å²) in [6, 6.07) is 17.4. The number of aliphatic hydroxyl groups is 1. The quantitative estimate of drug-likeness (QED) is 0.419. The molecule has 0 aliphatic carbocycles. The van der Waals surface area contributed by atoms with Gasteiger partial charge in [0.05, 0.1) is 36.9 Å². The van der Waals surface area contributed by atoms with Crippen LogP contribution in [0, 0.1) is 5.82 Å². The summed E-state index contributed by atoms with van der Waals surface area (Å²) in [7, 11) is 0. The highest BCUT2D eigenvalue weighted by molar-refractivity contribution is 5.96. The van der Waals surface area contributed by atoms with Gasteiger partial charge >= 0.3 is 0 Å². The molecule has 1 aliphatic rings. The second-order valence-electron chi connectivity index (χ2n) is 8.24. The summed E-state index contributed by atoms with van der Waals surface area (Å²) in [6.45, 7) is 3.03. The number of nitrogens with one attached hydrogen (secondary N) is 1. The number of carbonyl (C=O) groups is 1. The first kappa shape index (κ1) is 22.7. The molecule has 0 spiro atoms. The molecular formula is C26H24FN5O3. The Morgan fingerprint density at radius 3 is 2.51 bits per heavy atom. The molecular weight excluding hydrogens is 449 g/mol. The molecule has 1 aliphatic heterocycles. The molecule has 8 nitrogen and oxygen atoms in total. The molecule has 0 bridgehead atoms. The standard InChI is InChI=1S/C26H24FN5O3/c1-2-35-25-24-22(30-26(31-25)28-14-16-3-7-18(27)8-4-16)12-11-21(29-24)17-5-9-19(10-6-17)32-15-20(33)13-23(32)34/h3-12,20,33H,2,13-15H2,1H3,(H,28,30,31). The van der Waals surface area contributed by atoms with E-state index >= 15 is 0 Å². The van der Waals surface area contributed by atoms with Gasteiger partial charge in [-0.3, -0.25) is 4.79 Å². The van der Waals surface area contributed by atoms with Crippen LogP contribution in [0.2, 0.25) is 0 Å². The minimum absolute atomic E-state index is 0.0866. The van der Waals surface area contributed by atoms with Crippen LogP contribution in [0.3, 0.4) is 0 Å². The van der Waals surface area contributed by atoms with Crippen LogP contribution in [-0.2, 0) is 11.3 Å². The van der Waals surface area contributed by atoms with Crippen LogP contribution in [0.15, 0.2) is 60.7 Å². The zero-order chi connectivity index (χ0) is 24.4. The van der Waals surface area contributed by atoms with Gasteiger partial charge in [0, 0.05) is 17.8 Å². The van der Waals surface area contributed by atoms with E-state index in [4.69, 9.17) is 9.72 Å². The summed E-state index contributed by atoms with van der Waals surface area (Å²) in [5.74, 6) is 0.390. The van der Waals surface area contributed by atoms with Crippen LogP contribution in [-0.4, -0.2) is 45.2 Å². The van der Waals surface area contributed by atoms with Gasteiger partial charge in [-0.1, -0.05) is 24.3 Å². The van der Waals surface area contributed by atoms with Crippen LogP contribution in [0.1, 0.15) is 18.9 Å². The Kier molecular flexibility index (Phi) is 6.24. The molecule has 2 N–H and O–H groups in total. The molecule has 1 amide bonds. The molecule has 9 heteroatoms. The maximum atomic E-state index is 13.1. The lowest BCUT2D eigenvalue weighted by Crippen LogP contribution is -2.25. The van der Waals surface area contributed by atoms with Crippen LogP contribution >= 0.6 is 0 Å². The number of amides is 1. The first-order valence-corrected chi connectivity index (χ1v) is 11.4. The fourth-order valence-corrected chi connectivity index (χ4v) is 4.00. The highest BCUT2D eigenvalue weighted by Crippen LogP contribution is 2.29. The van der Waals surface area contributed by atoms with E-state index in [-0.39, 0.29) is 18.1 Å². The highest BCUT2D eigenvalue weighted by Gasteiger charge is 2.28. The number of ether oxygens (including phenoxy) is 1. The molecule has 1 fully saturated rings. The normalized spacial score (nSPS) is 15.6. The van der Waals surface area contributed by atoms with Crippen LogP contribution in [0.4, 0.5) is 16.0 Å². The van der Waals surface area contributed by atoms with Crippen molar-refractivity contribution in [1.29, 1.82) is 0 Å². The second-order valence-corrected chi connectivity index (χ2v) is 8.24. The molecule has 4 aromatic rings. The number of hydrogen-bond acceptors (Lipinski definition) is 7. The average Bonchev–Trinajstić information content (AvgIpc) is 3.21. The van der Waals surface area contributed by atoms with E-state index in [1.807, 2.05) is 43.3 Å². The molecule has 0 saturated carbocycles. The van der Waals surface area contributed by atoms with Crippen LogP contribution < -0.4 is 15.0 Å². The van der Waals surface area contributed by atoms with Gasteiger partial charge in [-0.05, 0) is 48.9 Å². The predicted molar refractivity (Wildman–Crippen MR) is 131 cm³/mol. The highest BCUT2D eigenvalue weighted by atomic mass is 19.1. The molecule has 3 heterocycles. The van der Waals surface area contributed by atoms with E-state index in [2.05, 4.69) is 15.3 Å². The maximum absolute atomic E-state index is 13.1. The van der Waals surface area contributed by atoms with Crippen molar-refractivity contribution in [2.24, 2.45) is 0 Å². The number of β-amino-alcohol motifs (C(OH)–C–C–N with tert-alkyl or cyclic N) is 1. The van der Waals surface area contributed by atoms with Crippen LogP contribution in [0.25, 0.3) is 22.3 Å². The molecule has 5 rings (SSSR count). The Labute approximate surface area is 201 Å². The number of pyridine rings is 1. The van der Waals surface area contributed by atoms with Crippen LogP contribution in [0.5, 0.6) is 5.88 Å². The molecule has 1 atom stereocenters. The third kappa shape index (κ3) is 4.90. The van der Waals surface area contributed by atoms with Gasteiger partial charge in [0.1, 0.15) is 5.82 Å². The lowest BCUT2D eigenvalue weighted by Gasteiger charge is -2.16. The van der Waals surface area contributed by atoms with Gasteiger partial charge in [-0.2, -0.15) is 4.98 Å². The Morgan fingerprint density at radius 2 is 1.83 bits per heavy atom. The van der Waals surface area contributed by atoms with Gasteiger partial charge in [0.25, 0.3) is 0 Å². The topological polar surface area (TPSA) is 100 Å². The number of aliphatic hydroxyl groups excluding tert-OH is 1. The predicted octanol–water partition coefficient (Wildman–Crippen LogP) is 3.94. The number of rotatable bonds is 7. The summed E-state index contributed by atoms with van der Waals surface area (Å²) in [5, 5.41) is 12.9. The Morgan fingerprint density at radius 1 is 1.06 bits per heavy atom. The molecule has 35 heavy (non-hydrogen) atoms. The minimum Gasteiger partial charge on any atom is -0.476 e. The number of aromatic nitrogens is 3. The monoisotopic (exact) mass is 473 g/mol. The SMILES string of the molecule is CCOc1nc(NCc2ccc(F)cc2)nc2ccc(-c3ccc(N4CC(O)CC4=O)cc3)nc12. The lowest BCUT2D eigenvalue weighted by atomic mass is 10.1. The summed E-state index contributed by atoms with van der Waals surface area (Å²) >= 11 is 0. The number of halogens is 1. The number of hydrogen-bond donors (Lipinski definition) is 2. The number of anilines is 2. The van der Waals surface area contributed by atoms with E-state index in [0.29, 0.717) is 48.3 Å². The van der Waals surface area contributed by atoms with Crippen molar-refractivity contribution < 1.29 is 19.0 Å². The number of benzene rings is 2. The largest absolute Gasteiger partial charge is 0.476 e. The summed E-state index contributed by atoms with van der Waals surface area (Å²) < 4.78 is 18.9. The zero-order valence-electron chi connectivity index (χ0n) is 19.1. The first-order valence-electron chi connectivity index (χ1n) is 11.4. The number of carbonyl (C=O) groups excluding carboxylic acids is 1. The van der Waals surface area contributed by atoms with E-state index in [1.165, 1.54) is 12.1 Å². The van der Waals surface area contributed by atoms with Gasteiger partial charge in [-0.15, -0.1) is 0 Å². The van der Waals surface area contributed by atoms with Crippen molar-refractivity contribution in [3.8, 4) is 17.1 Å². The molecule has 178 valence electrons. The summed E-state index contributed by atoms with van der Waals surface area (Å²) in [4.78, 5) is 27.4. The summed E-state index contributed by atoms with van der Waals surface area (Å²) in [6.07, 6.45) is -0.481. The van der Waals surface area contributed by atoms with Crippen molar-refractivity contribution >= 4 is 28.6 Å². The Bertz CT molecular complexity index is 1360. The minimum atomic E-state index is -0.628. The van der Waals surface area contributed by atoms with Gasteiger partial charge in [0.2, 0.25) is 17.7 Å². The van der Waals surface area contributed by atoms with Crippen molar-refractivity contribution in [1.82, 2.24) is 15.0 Å². The van der Waals surface area contributed by atoms with Gasteiger partial charge in [-0.25, -0.2) is 14.4 Å². The fourth-order valence-electron chi connectivity index (χ4n) is 4.00. The second kappa shape index (κ2) is 9.63. The van der Waals surface area contributed by atoms with Crippen molar-refractivity contribution in [2.75, 3.05) is 23.4 Å². The Balaban J connectivity index is 1.40. The van der Waals surface area contributed by atoms with Crippen molar-refractivity contribution in [3.63, 3.8) is 0 Å². The average molecular weight is 474 g/mol.